The SMILES string of the molecule is CCCCCCCCCCCCOC(=O)CC1C(=O)NCCN1C(=O)c1ccccc1OCCOc1ccccc1. The summed E-state index contributed by atoms with van der Waals surface area (Å²) in [5, 5.41) is 2.77. The van der Waals surface area contributed by atoms with Crippen molar-refractivity contribution in [3.8, 4) is 11.5 Å². The van der Waals surface area contributed by atoms with Gasteiger partial charge in [-0.2, -0.15) is 0 Å². The van der Waals surface area contributed by atoms with Gasteiger partial charge in [0.25, 0.3) is 5.91 Å². The number of carbonyl (C=O) groups excluding carboxylic acids is 3. The van der Waals surface area contributed by atoms with Crippen LogP contribution in [0.5, 0.6) is 11.5 Å². The normalized spacial score (nSPS) is 14.8. The number of nitrogens with zero attached hydrogens (tertiary/aromatic N) is 1. The summed E-state index contributed by atoms with van der Waals surface area (Å²) < 4.78 is 17.0. The molecule has 41 heavy (non-hydrogen) atoms. The van der Waals surface area contributed by atoms with Crippen LogP contribution in [0.4, 0.5) is 0 Å². The minimum absolute atomic E-state index is 0.177. The van der Waals surface area contributed by atoms with Crippen LogP contribution < -0.4 is 14.8 Å². The Morgan fingerprint density at radius 1 is 0.805 bits per heavy atom. The van der Waals surface area contributed by atoms with E-state index in [1.807, 2.05) is 30.3 Å². The molecule has 0 bridgehead atoms. The first-order chi connectivity index (χ1) is 20.1. The number of amides is 2. The molecule has 0 aliphatic carbocycles. The van der Waals surface area contributed by atoms with Crippen molar-refractivity contribution in [2.45, 2.75) is 83.6 Å². The Labute approximate surface area is 244 Å². The second kappa shape index (κ2) is 18.7. The fourth-order valence-electron chi connectivity index (χ4n) is 4.90. The standard InChI is InChI=1S/C33H46N2O6/c1-2-3-4-5-6-7-8-9-10-16-23-41-31(36)26-29-32(37)34-21-22-35(29)33(38)28-19-14-15-20-30(28)40-25-24-39-27-17-12-11-13-18-27/h11-15,17-20,29H,2-10,16,21-26H2,1H3,(H,34,37). The van der Waals surface area contributed by atoms with Crippen LogP contribution in [0.15, 0.2) is 54.6 Å². The Balaban J connectivity index is 1.43. The first-order valence-electron chi connectivity index (χ1n) is 15.2. The lowest BCUT2D eigenvalue weighted by Crippen LogP contribution is -2.57. The molecule has 1 fully saturated rings. The monoisotopic (exact) mass is 566 g/mol. The van der Waals surface area contributed by atoms with Crippen molar-refractivity contribution in [3.05, 3.63) is 60.2 Å². The summed E-state index contributed by atoms with van der Waals surface area (Å²) in [5.74, 6) is -0.0319. The second-order valence-electron chi connectivity index (χ2n) is 10.4. The fourth-order valence-corrected chi connectivity index (χ4v) is 4.90. The molecule has 1 unspecified atom stereocenters. The fraction of sp³-hybridized carbons (Fsp3) is 0.545. The lowest BCUT2D eigenvalue weighted by atomic mass is 10.1. The highest BCUT2D eigenvalue weighted by molar-refractivity contribution is 6.01. The van der Waals surface area contributed by atoms with E-state index in [1.165, 1.54) is 49.8 Å². The molecule has 2 aromatic rings. The van der Waals surface area contributed by atoms with Crippen molar-refractivity contribution in [2.24, 2.45) is 0 Å². The average molecular weight is 567 g/mol. The van der Waals surface area contributed by atoms with E-state index in [0.717, 1.165) is 25.0 Å². The van der Waals surface area contributed by atoms with Crippen LogP contribution in [0, 0.1) is 0 Å². The highest BCUT2D eigenvalue weighted by Crippen LogP contribution is 2.23. The van der Waals surface area contributed by atoms with Gasteiger partial charge in [0.15, 0.2) is 0 Å². The summed E-state index contributed by atoms with van der Waals surface area (Å²) in [6.07, 6.45) is 11.8. The molecule has 1 saturated heterocycles. The predicted molar refractivity (Wildman–Crippen MR) is 159 cm³/mol. The van der Waals surface area contributed by atoms with E-state index in [4.69, 9.17) is 14.2 Å². The number of benzene rings is 2. The molecular formula is C33H46N2O6. The van der Waals surface area contributed by atoms with Gasteiger partial charge >= 0.3 is 5.97 Å². The number of rotatable bonds is 19. The summed E-state index contributed by atoms with van der Waals surface area (Å²) in [4.78, 5) is 40.3. The van der Waals surface area contributed by atoms with Crippen molar-refractivity contribution in [2.75, 3.05) is 32.9 Å². The van der Waals surface area contributed by atoms with Gasteiger partial charge in [0.1, 0.15) is 30.8 Å². The van der Waals surface area contributed by atoms with Crippen LogP contribution in [-0.2, 0) is 14.3 Å². The molecular weight excluding hydrogens is 520 g/mol. The van der Waals surface area contributed by atoms with Gasteiger partial charge in [-0.15, -0.1) is 0 Å². The summed E-state index contributed by atoms with van der Waals surface area (Å²) in [6.45, 7) is 3.74. The smallest absolute Gasteiger partial charge is 0.308 e. The van der Waals surface area contributed by atoms with Crippen molar-refractivity contribution in [3.63, 3.8) is 0 Å². The minimum Gasteiger partial charge on any atom is -0.490 e. The van der Waals surface area contributed by atoms with Crippen LogP contribution in [0.2, 0.25) is 0 Å². The molecule has 8 nitrogen and oxygen atoms in total. The lowest BCUT2D eigenvalue weighted by molar-refractivity contribution is -0.147. The summed E-state index contributed by atoms with van der Waals surface area (Å²) in [5.41, 5.74) is 0.339. The van der Waals surface area contributed by atoms with Crippen LogP contribution in [-0.4, -0.2) is 61.6 Å². The van der Waals surface area contributed by atoms with Gasteiger partial charge in [-0.05, 0) is 30.7 Å². The number of ether oxygens (including phenoxy) is 3. The van der Waals surface area contributed by atoms with Gasteiger partial charge < -0.3 is 24.4 Å². The van der Waals surface area contributed by atoms with Crippen molar-refractivity contribution in [1.29, 1.82) is 0 Å². The minimum atomic E-state index is -0.925. The first-order valence-corrected chi connectivity index (χ1v) is 15.2. The molecule has 0 radical (unpaired) electrons. The molecule has 1 atom stereocenters. The molecule has 1 heterocycles. The number of hydrogen-bond acceptors (Lipinski definition) is 6. The number of piperazine rings is 1. The average Bonchev–Trinajstić information content (AvgIpc) is 2.99. The van der Waals surface area contributed by atoms with Gasteiger partial charge in [-0.3, -0.25) is 14.4 Å². The zero-order valence-corrected chi connectivity index (χ0v) is 24.5. The Hall–Kier alpha value is -3.55. The Kier molecular flexibility index (Phi) is 14.6. The molecule has 0 aromatic heterocycles. The van der Waals surface area contributed by atoms with E-state index in [2.05, 4.69) is 12.2 Å². The lowest BCUT2D eigenvalue weighted by Gasteiger charge is -2.34. The number of nitrogens with one attached hydrogen (secondary N) is 1. The zero-order chi connectivity index (χ0) is 29.1. The van der Waals surface area contributed by atoms with Gasteiger partial charge in [-0.25, -0.2) is 0 Å². The largest absolute Gasteiger partial charge is 0.490 e. The van der Waals surface area contributed by atoms with E-state index in [-0.39, 0.29) is 24.8 Å². The third kappa shape index (κ3) is 11.5. The third-order valence-electron chi connectivity index (χ3n) is 7.18. The third-order valence-corrected chi connectivity index (χ3v) is 7.18. The quantitative estimate of drug-likeness (QED) is 0.167. The Morgan fingerprint density at radius 3 is 2.17 bits per heavy atom. The molecule has 2 amide bonds. The van der Waals surface area contributed by atoms with E-state index < -0.39 is 12.0 Å². The summed E-state index contributed by atoms with van der Waals surface area (Å²) in [6, 6.07) is 15.4. The maximum Gasteiger partial charge on any atom is 0.308 e. The second-order valence-corrected chi connectivity index (χ2v) is 10.4. The molecule has 2 aromatic carbocycles. The van der Waals surface area contributed by atoms with Crippen LogP contribution in [0.1, 0.15) is 87.9 Å². The van der Waals surface area contributed by atoms with Gasteiger partial charge in [0.05, 0.1) is 18.6 Å². The molecule has 0 saturated carbocycles. The van der Waals surface area contributed by atoms with E-state index in [1.54, 1.807) is 24.3 Å². The highest BCUT2D eigenvalue weighted by Gasteiger charge is 2.36. The Morgan fingerprint density at radius 2 is 1.44 bits per heavy atom. The molecule has 1 aliphatic rings. The number of carbonyl (C=O) groups is 3. The summed E-state index contributed by atoms with van der Waals surface area (Å²) >= 11 is 0. The molecule has 3 rings (SSSR count). The summed E-state index contributed by atoms with van der Waals surface area (Å²) in [7, 11) is 0. The van der Waals surface area contributed by atoms with Gasteiger partial charge in [0, 0.05) is 13.1 Å². The van der Waals surface area contributed by atoms with E-state index in [0.29, 0.717) is 37.6 Å². The van der Waals surface area contributed by atoms with E-state index in [9.17, 15) is 14.4 Å². The zero-order valence-electron chi connectivity index (χ0n) is 24.5. The topological polar surface area (TPSA) is 94.2 Å². The maximum absolute atomic E-state index is 13.6. The molecule has 1 N–H and O–H groups in total. The molecule has 8 heteroatoms. The maximum atomic E-state index is 13.6. The number of hydrogen-bond donors (Lipinski definition) is 1. The highest BCUT2D eigenvalue weighted by atomic mass is 16.5. The van der Waals surface area contributed by atoms with Crippen molar-refractivity contribution < 1.29 is 28.6 Å². The van der Waals surface area contributed by atoms with E-state index >= 15 is 0 Å². The van der Waals surface area contributed by atoms with Gasteiger partial charge in [0.2, 0.25) is 5.91 Å². The molecule has 224 valence electrons. The van der Waals surface area contributed by atoms with Crippen molar-refractivity contribution in [1.82, 2.24) is 10.2 Å². The van der Waals surface area contributed by atoms with Crippen LogP contribution in [0.25, 0.3) is 0 Å². The van der Waals surface area contributed by atoms with Crippen LogP contribution in [0.3, 0.4) is 0 Å². The predicted octanol–water partition coefficient (Wildman–Crippen LogP) is 5.94. The number of unbranched alkanes of at least 4 members (excludes halogenated alkanes) is 9. The first kappa shape index (κ1) is 32.0. The van der Waals surface area contributed by atoms with Crippen LogP contribution >= 0.6 is 0 Å². The molecule has 1 aliphatic heterocycles. The Bertz CT molecular complexity index is 1060. The number of para-hydroxylation sites is 2. The van der Waals surface area contributed by atoms with Gasteiger partial charge in [-0.1, -0.05) is 95.0 Å². The number of esters is 1. The van der Waals surface area contributed by atoms with Crippen molar-refractivity contribution >= 4 is 17.8 Å². The molecule has 0 spiro atoms.